The lowest BCUT2D eigenvalue weighted by Gasteiger charge is -1.94. The smallest absolute Gasteiger partial charge is 0.205 e. The Labute approximate surface area is 118 Å². The molecule has 0 saturated carbocycles. The number of aromatic nitrogens is 2. The van der Waals surface area contributed by atoms with Crippen LogP contribution in [0.15, 0.2) is 55.0 Å². The van der Waals surface area contributed by atoms with Crippen LogP contribution in [0, 0.1) is 0 Å². The molecule has 4 aromatic rings. The van der Waals surface area contributed by atoms with Gasteiger partial charge in [0.1, 0.15) is 0 Å². The summed E-state index contributed by atoms with van der Waals surface area (Å²) in [6.07, 6.45) is 5.21. The fourth-order valence-corrected chi connectivity index (χ4v) is 3.39. The van der Waals surface area contributed by atoms with E-state index >= 15 is 0 Å². The summed E-state index contributed by atoms with van der Waals surface area (Å²) in [5.41, 5.74) is 1.61. The SMILES string of the molecule is O=C(c1cc2ccccc2s1)c1c[nH]c2ccncc12. The number of thiophene rings is 1. The van der Waals surface area contributed by atoms with E-state index in [0.29, 0.717) is 5.56 Å². The molecule has 4 rings (SSSR count). The second kappa shape index (κ2) is 4.28. The molecule has 0 spiro atoms. The van der Waals surface area contributed by atoms with Crippen LogP contribution < -0.4 is 0 Å². The maximum atomic E-state index is 12.7. The molecule has 1 N–H and O–H groups in total. The normalized spacial score (nSPS) is 11.2. The minimum atomic E-state index is 0.0467. The minimum absolute atomic E-state index is 0.0467. The molecule has 4 heteroatoms. The van der Waals surface area contributed by atoms with E-state index in [2.05, 4.69) is 9.97 Å². The van der Waals surface area contributed by atoms with Gasteiger partial charge in [0.05, 0.1) is 10.4 Å². The molecular weight excluding hydrogens is 268 g/mol. The number of pyridine rings is 1. The molecule has 0 fully saturated rings. The molecule has 3 nitrogen and oxygen atoms in total. The lowest BCUT2D eigenvalue weighted by Crippen LogP contribution is -1.96. The average Bonchev–Trinajstić information content (AvgIpc) is 3.10. The zero-order chi connectivity index (χ0) is 13.5. The Morgan fingerprint density at radius 1 is 1.20 bits per heavy atom. The molecule has 0 aliphatic carbocycles. The third-order valence-electron chi connectivity index (χ3n) is 3.38. The van der Waals surface area contributed by atoms with E-state index in [4.69, 9.17) is 0 Å². The van der Waals surface area contributed by atoms with E-state index in [9.17, 15) is 4.79 Å². The molecule has 0 bridgehead atoms. The van der Waals surface area contributed by atoms with Crippen LogP contribution >= 0.6 is 11.3 Å². The van der Waals surface area contributed by atoms with Crippen LogP contribution in [0.2, 0.25) is 0 Å². The minimum Gasteiger partial charge on any atom is -0.360 e. The quantitative estimate of drug-likeness (QED) is 0.563. The van der Waals surface area contributed by atoms with Crippen LogP contribution in [0.3, 0.4) is 0 Å². The van der Waals surface area contributed by atoms with Crippen molar-refractivity contribution in [2.75, 3.05) is 0 Å². The van der Waals surface area contributed by atoms with Crippen LogP contribution in [-0.2, 0) is 0 Å². The molecule has 0 saturated heterocycles. The predicted octanol–water partition coefficient (Wildman–Crippen LogP) is 4.01. The number of H-pyrrole nitrogens is 1. The van der Waals surface area contributed by atoms with Crippen LogP contribution in [0.5, 0.6) is 0 Å². The first-order valence-electron chi connectivity index (χ1n) is 6.27. The molecule has 1 aromatic carbocycles. The van der Waals surface area contributed by atoms with Gasteiger partial charge < -0.3 is 4.98 Å². The number of nitrogens with one attached hydrogen (secondary N) is 1. The van der Waals surface area contributed by atoms with Crippen molar-refractivity contribution in [2.24, 2.45) is 0 Å². The lowest BCUT2D eigenvalue weighted by atomic mass is 10.1. The average molecular weight is 278 g/mol. The highest BCUT2D eigenvalue weighted by Crippen LogP contribution is 2.29. The predicted molar refractivity (Wildman–Crippen MR) is 81.4 cm³/mol. The number of hydrogen-bond donors (Lipinski definition) is 1. The largest absolute Gasteiger partial charge is 0.360 e. The number of aromatic amines is 1. The van der Waals surface area contributed by atoms with E-state index in [1.54, 1.807) is 18.6 Å². The molecule has 0 radical (unpaired) electrons. The molecule has 3 aromatic heterocycles. The lowest BCUT2D eigenvalue weighted by molar-refractivity contribution is 0.104. The van der Waals surface area contributed by atoms with E-state index in [0.717, 1.165) is 25.9 Å². The standard InChI is InChI=1S/C16H10N2OS/c19-16(12-9-18-13-5-6-17-8-11(12)13)15-7-10-3-1-2-4-14(10)20-15/h1-9,18H. The molecule has 3 heterocycles. The summed E-state index contributed by atoms with van der Waals surface area (Å²) in [7, 11) is 0. The van der Waals surface area contributed by atoms with Crippen molar-refractivity contribution in [3.05, 3.63) is 65.4 Å². The van der Waals surface area contributed by atoms with Gasteiger partial charge >= 0.3 is 0 Å². The number of nitrogens with zero attached hydrogens (tertiary/aromatic N) is 1. The molecule has 0 unspecified atom stereocenters. The van der Waals surface area contributed by atoms with Crippen molar-refractivity contribution >= 4 is 38.1 Å². The maximum absolute atomic E-state index is 12.7. The van der Waals surface area contributed by atoms with Gasteiger partial charge in [-0.05, 0) is 23.6 Å². The number of rotatable bonds is 2. The van der Waals surface area contributed by atoms with Crippen LogP contribution in [0.25, 0.3) is 21.0 Å². The first kappa shape index (κ1) is 11.4. The number of carbonyl (C=O) groups is 1. The topological polar surface area (TPSA) is 45.8 Å². The van der Waals surface area contributed by atoms with Gasteiger partial charge in [-0.2, -0.15) is 0 Å². The van der Waals surface area contributed by atoms with Gasteiger partial charge in [-0.25, -0.2) is 0 Å². The van der Waals surface area contributed by atoms with E-state index in [1.807, 2.05) is 36.4 Å². The molecule has 0 aliphatic rings. The Morgan fingerprint density at radius 3 is 3.00 bits per heavy atom. The highest BCUT2D eigenvalue weighted by molar-refractivity contribution is 7.21. The van der Waals surface area contributed by atoms with E-state index in [1.165, 1.54) is 11.3 Å². The molecule has 20 heavy (non-hydrogen) atoms. The zero-order valence-corrected chi connectivity index (χ0v) is 11.3. The van der Waals surface area contributed by atoms with Gasteiger partial charge in [0.2, 0.25) is 5.78 Å². The molecule has 0 amide bonds. The van der Waals surface area contributed by atoms with Gasteiger partial charge in [-0.3, -0.25) is 9.78 Å². The molecule has 96 valence electrons. The Balaban J connectivity index is 1.87. The number of benzene rings is 1. The summed E-state index contributed by atoms with van der Waals surface area (Å²) < 4.78 is 1.13. The Kier molecular flexibility index (Phi) is 2.44. The van der Waals surface area contributed by atoms with Gasteiger partial charge in [0.15, 0.2) is 0 Å². The fourth-order valence-electron chi connectivity index (χ4n) is 2.38. The van der Waals surface area contributed by atoms with Gasteiger partial charge in [0.25, 0.3) is 0 Å². The summed E-state index contributed by atoms with van der Waals surface area (Å²) in [4.78, 5) is 20.6. The van der Waals surface area contributed by atoms with Gasteiger partial charge in [-0.1, -0.05) is 18.2 Å². The second-order valence-electron chi connectivity index (χ2n) is 4.60. The molecular formula is C16H10N2OS. The van der Waals surface area contributed by atoms with Crippen molar-refractivity contribution in [1.82, 2.24) is 9.97 Å². The van der Waals surface area contributed by atoms with Crippen molar-refractivity contribution in [2.45, 2.75) is 0 Å². The highest BCUT2D eigenvalue weighted by Gasteiger charge is 2.16. The monoisotopic (exact) mass is 278 g/mol. The third-order valence-corrected chi connectivity index (χ3v) is 4.49. The highest BCUT2D eigenvalue weighted by atomic mass is 32.1. The van der Waals surface area contributed by atoms with Crippen LogP contribution in [0.1, 0.15) is 15.2 Å². The van der Waals surface area contributed by atoms with E-state index < -0.39 is 0 Å². The van der Waals surface area contributed by atoms with Crippen LogP contribution in [-0.4, -0.2) is 15.8 Å². The Morgan fingerprint density at radius 2 is 2.10 bits per heavy atom. The molecule has 0 atom stereocenters. The number of ketones is 1. The number of hydrogen-bond acceptors (Lipinski definition) is 3. The van der Waals surface area contributed by atoms with Gasteiger partial charge in [0, 0.05) is 34.2 Å². The number of carbonyl (C=O) groups excluding carboxylic acids is 1. The van der Waals surface area contributed by atoms with Crippen molar-refractivity contribution in [3.63, 3.8) is 0 Å². The maximum Gasteiger partial charge on any atom is 0.205 e. The molecule has 0 aliphatic heterocycles. The number of fused-ring (bicyclic) bond motifs is 2. The third kappa shape index (κ3) is 1.66. The summed E-state index contributed by atoms with van der Waals surface area (Å²) in [6.45, 7) is 0. The Bertz CT molecular complexity index is 903. The second-order valence-corrected chi connectivity index (χ2v) is 5.68. The van der Waals surface area contributed by atoms with E-state index in [-0.39, 0.29) is 5.78 Å². The first-order valence-corrected chi connectivity index (χ1v) is 7.09. The van der Waals surface area contributed by atoms with Crippen molar-refractivity contribution in [1.29, 1.82) is 0 Å². The summed E-state index contributed by atoms with van der Waals surface area (Å²) >= 11 is 1.53. The van der Waals surface area contributed by atoms with Crippen molar-refractivity contribution < 1.29 is 4.79 Å². The fraction of sp³-hybridized carbons (Fsp3) is 0. The summed E-state index contributed by atoms with van der Waals surface area (Å²) in [5, 5.41) is 1.98. The zero-order valence-electron chi connectivity index (χ0n) is 10.5. The summed E-state index contributed by atoms with van der Waals surface area (Å²) in [5.74, 6) is 0.0467. The van der Waals surface area contributed by atoms with Crippen LogP contribution in [0.4, 0.5) is 0 Å². The Hall–Kier alpha value is -2.46. The van der Waals surface area contributed by atoms with Crippen molar-refractivity contribution in [3.8, 4) is 0 Å². The summed E-state index contributed by atoms with van der Waals surface area (Å²) in [6, 6.07) is 11.9. The van der Waals surface area contributed by atoms with Gasteiger partial charge in [-0.15, -0.1) is 11.3 Å². The first-order chi connectivity index (χ1) is 9.83.